The van der Waals surface area contributed by atoms with E-state index in [4.69, 9.17) is 4.74 Å². The van der Waals surface area contributed by atoms with Crippen molar-refractivity contribution in [2.75, 3.05) is 26.2 Å². The quantitative estimate of drug-likeness (QED) is 0.741. The number of ether oxygens (including phenoxy) is 1. The highest BCUT2D eigenvalue weighted by Gasteiger charge is 2.39. The number of carbonyl (C=O) groups excluding carboxylic acids is 3. The fourth-order valence-corrected chi connectivity index (χ4v) is 4.55. The molecule has 0 saturated carbocycles. The molecule has 30 heavy (non-hydrogen) atoms. The van der Waals surface area contributed by atoms with Crippen molar-refractivity contribution in [3.63, 3.8) is 0 Å². The number of piperidine rings is 1. The topological polar surface area (TPSA) is 113 Å². The first-order valence-corrected chi connectivity index (χ1v) is 11.3. The molecule has 3 amide bonds. The second-order valence-corrected chi connectivity index (χ2v) is 10.3. The standard InChI is InChI=1S/C20H27N3O6S/c1-20(2,3)14-4-6-16(7-5-14)30(27,28)21-12-17(24)22-10-8-15(9-11-22)23-18(25)13-29-19(23)26/h4-7,15,21H,8-13H2,1-3H3. The normalized spacial score (nSPS) is 18.6. The highest BCUT2D eigenvalue weighted by Crippen LogP contribution is 2.24. The van der Waals surface area contributed by atoms with Gasteiger partial charge in [-0.25, -0.2) is 22.8 Å². The molecule has 0 unspecified atom stereocenters. The maximum absolute atomic E-state index is 12.5. The number of nitrogens with zero attached hydrogens (tertiary/aromatic N) is 2. The molecule has 2 heterocycles. The summed E-state index contributed by atoms with van der Waals surface area (Å²) in [4.78, 5) is 38.6. The maximum atomic E-state index is 12.5. The van der Waals surface area contributed by atoms with E-state index in [0.717, 1.165) is 10.5 Å². The van der Waals surface area contributed by atoms with E-state index < -0.39 is 16.1 Å². The van der Waals surface area contributed by atoms with Gasteiger partial charge in [0.05, 0.1) is 11.4 Å². The number of cyclic esters (lactones) is 1. The van der Waals surface area contributed by atoms with E-state index in [9.17, 15) is 22.8 Å². The number of imide groups is 1. The zero-order chi connectivity index (χ0) is 22.1. The first-order chi connectivity index (χ1) is 14.0. The van der Waals surface area contributed by atoms with E-state index in [1.54, 1.807) is 12.1 Å². The van der Waals surface area contributed by atoms with Gasteiger partial charge in [-0.3, -0.25) is 9.59 Å². The number of amides is 3. The van der Waals surface area contributed by atoms with Gasteiger partial charge in [0.25, 0.3) is 5.91 Å². The monoisotopic (exact) mass is 437 g/mol. The van der Waals surface area contributed by atoms with Gasteiger partial charge in [-0.05, 0) is 36.0 Å². The molecule has 2 aliphatic rings. The van der Waals surface area contributed by atoms with Crippen molar-refractivity contribution in [3.8, 4) is 0 Å². The summed E-state index contributed by atoms with van der Waals surface area (Å²) in [6.07, 6.45) is 0.233. The van der Waals surface area contributed by atoms with Crippen LogP contribution in [-0.4, -0.2) is 68.4 Å². The molecule has 0 spiro atoms. The summed E-state index contributed by atoms with van der Waals surface area (Å²) in [6, 6.07) is 6.31. The second kappa shape index (κ2) is 8.35. The van der Waals surface area contributed by atoms with E-state index >= 15 is 0 Å². The number of carbonyl (C=O) groups is 3. The van der Waals surface area contributed by atoms with Crippen LogP contribution < -0.4 is 4.72 Å². The Hall–Kier alpha value is -2.46. The predicted molar refractivity (Wildman–Crippen MR) is 108 cm³/mol. The zero-order valence-electron chi connectivity index (χ0n) is 17.4. The van der Waals surface area contributed by atoms with Gasteiger partial charge in [-0.15, -0.1) is 0 Å². The van der Waals surface area contributed by atoms with Crippen LogP contribution in [0.1, 0.15) is 39.2 Å². The molecule has 3 rings (SSSR count). The third-order valence-corrected chi connectivity index (χ3v) is 6.83. The largest absolute Gasteiger partial charge is 0.439 e. The minimum absolute atomic E-state index is 0.0891. The van der Waals surface area contributed by atoms with Crippen molar-refractivity contribution in [1.29, 1.82) is 0 Å². The molecular weight excluding hydrogens is 410 g/mol. The molecule has 10 heteroatoms. The zero-order valence-corrected chi connectivity index (χ0v) is 18.2. The van der Waals surface area contributed by atoms with Gasteiger partial charge in [-0.1, -0.05) is 32.9 Å². The van der Waals surface area contributed by atoms with Crippen molar-refractivity contribution in [2.45, 2.75) is 50.0 Å². The summed E-state index contributed by atoms with van der Waals surface area (Å²) in [5.41, 5.74) is 0.926. The Bertz CT molecular complexity index is 912. The molecular formula is C20H27N3O6S. The third kappa shape index (κ3) is 4.81. The highest BCUT2D eigenvalue weighted by atomic mass is 32.2. The van der Waals surface area contributed by atoms with Crippen molar-refractivity contribution in [1.82, 2.24) is 14.5 Å². The number of benzene rings is 1. The molecule has 164 valence electrons. The van der Waals surface area contributed by atoms with Crippen LogP contribution >= 0.6 is 0 Å². The lowest BCUT2D eigenvalue weighted by atomic mass is 9.87. The molecule has 1 N–H and O–H groups in total. The minimum Gasteiger partial charge on any atom is -0.439 e. The molecule has 2 saturated heterocycles. The molecule has 9 nitrogen and oxygen atoms in total. The lowest BCUT2D eigenvalue weighted by molar-refractivity contribution is -0.132. The van der Waals surface area contributed by atoms with E-state index in [2.05, 4.69) is 4.72 Å². The van der Waals surface area contributed by atoms with Crippen LogP contribution in [0.4, 0.5) is 4.79 Å². The Labute approximate surface area is 176 Å². The maximum Gasteiger partial charge on any atom is 0.417 e. The van der Waals surface area contributed by atoms with E-state index in [-0.39, 0.29) is 41.3 Å². The molecule has 0 aromatic heterocycles. The minimum atomic E-state index is -3.81. The molecule has 0 atom stereocenters. The Morgan fingerprint density at radius 2 is 1.73 bits per heavy atom. The second-order valence-electron chi connectivity index (χ2n) is 8.53. The van der Waals surface area contributed by atoms with Crippen LogP contribution in [0.3, 0.4) is 0 Å². The van der Waals surface area contributed by atoms with Crippen LogP contribution in [0.5, 0.6) is 0 Å². The average Bonchev–Trinajstić information content (AvgIpc) is 3.04. The van der Waals surface area contributed by atoms with Crippen LogP contribution in [-0.2, 0) is 29.8 Å². The molecule has 0 radical (unpaired) electrons. The van der Waals surface area contributed by atoms with Crippen LogP contribution in [0.25, 0.3) is 0 Å². The van der Waals surface area contributed by atoms with Gasteiger partial charge in [-0.2, -0.15) is 0 Å². The van der Waals surface area contributed by atoms with Crippen molar-refractivity contribution < 1.29 is 27.5 Å². The smallest absolute Gasteiger partial charge is 0.417 e. The molecule has 0 bridgehead atoms. The predicted octanol–water partition coefficient (Wildman–Crippen LogP) is 1.23. The van der Waals surface area contributed by atoms with Gasteiger partial charge in [0, 0.05) is 19.1 Å². The number of rotatable bonds is 5. The first kappa shape index (κ1) is 22.2. The number of nitrogens with one attached hydrogen (secondary N) is 1. The SMILES string of the molecule is CC(C)(C)c1ccc(S(=O)(=O)NCC(=O)N2CCC(N3C(=O)COC3=O)CC2)cc1. The fraction of sp³-hybridized carbons (Fsp3) is 0.550. The van der Waals surface area contributed by atoms with Crippen LogP contribution in [0.15, 0.2) is 29.2 Å². The van der Waals surface area contributed by atoms with Gasteiger partial charge >= 0.3 is 6.09 Å². The lowest BCUT2D eigenvalue weighted by Crippen LogP contribution is -2.50. The van der Waals surface area contributed by atoms with Crippen molar-refractivity contribution in [2.24, 2.45) is 0 Å². The summed E-state index contributed by atoms with van der Waals surface area (Å²) in [5.74, 6) is -0.714. The van der Waals surface area contributed by atoms with Crippen molar-refractivity contribution in [3.05, 3.63) is 29.8 Å². The van der Waals surface area contributed by atoms with E-state index in [1.165, 1.54) is 17.0 Å². The summed E-state index contributed by atoms with van der Waals surface area (Å²) in [7, 11) is -3.81. The van der Waals surface area contributed by atoms with E-state index in [1.807, 2.05) is 20.8 Å². The van der Waals surface area contributed by atoms with Crippen LogP contribution in [0, 0.1) is 0 Å². The summed E-state index contributed by atoms with van der Waals surface area (Å²) >= 11 is 0. The Balaban J connectivity index is 1.53. The number of hydrogen-bond donors (Lipinski definition) is 1. The Morgan fingerprint density at radius 3 is 2.23 bits per heavy atom. The van der Waals surface area contributed by atoms with E-state index in [0.29, 0.717) is 25.9 Å². The molecule has 1 aromatic carbocycles. The average molecular weight is 438 g/mol. The van der Waals surface area contributed by atoms with Gasteiger partial charge in [0.1, 0.15) is 0 Å². The van der Waals surface area contributed by atoms with Crippen molar-refractivity contribution >= 4 is 27.9 Å². The molecule has 0 aliphatic carbocycles. The van der Waals surface area contributed by atoms with Gasteiger partial charge in [0.2, 0.25) is 15.9 Å². The highest BCUT2D eigenvalue weighted by molar-refractivity contribution is 7.89. The number of likely N-dealkylation sites (tertiary alicyclic amines) is 1. The molecule has 2 fully saturated rings. The van der Waals surface area contributed by atoms with Gasteiger partial charge < -0.3 is 9.64 Å². The summed E-state index contributed by atoms with van der Waals surface area (Å²) < 4.78 is 32.1. The molecule has 1 aromatic rings. The third-order valence-electron chi connectivity index (χ3n) is 5.41. The summed E-state index contributed by atoms with van der Waals surface area (Å²) in [6.45, 7) is 6.21. The van der Waals surface area contributed by atoms with Crippen LogP contribution in [0.2, 0.25) is 0 Å². The lowest BCUT2D eigenvalue weighted by Gasteiger charge is -2.34. The number of hydrogen-bond acceptors (Lipinski definition) is 6. The fourth-order valence-electron chi connectivity index (χ4n) is 3.58. The summed E-state index contributed by atoms with van der Waals surface area (Å²) in [5, 5.41) is 0. The molecule has 2 aliphatic heterocycles. The Kier molecular flexibility index (Phi) is 6.19. The first-order valence-electron chi connectivity index (χ1n) is 9.86. The number of sulfonamides is 1. The Morgan fingerprint density at radius 1 is 1.13 bits per heavy atom. The van der Waals surface area contributed by atoms with Gasteiger partial charge in [0.15, 0.2) is 6.61 Å².